The Morgan fingerprint density at radius 3 is 2.38 bits per heavy atom. The van der Waals surface area contributed by atoms with E-state index in [1.54, 1.807) is 0 Å². The summed E-state index contributed by atoms with van der Waals surface area (Å²) in [7, 11) is 0. The maximum absolute atomic E-state index is 11.6. The molecule has 0 spiro atoms. The van der Waals surface area contributed by atoms with Crippen molar-refractivity contribution < 1.29 is 9.53 Å². The van der Waals surface area contributed by atoms with Crippen LogP contribution in [0.5, 0.6) is 0 Å². The molecule has 0 unspecified atom stereocenters. The highest BCUT2D eigenvalue weighted by molar-refractivity contribution is 9.09. The van der Waals surface area contributed by atoms with Crippen LogP contribution in [0.2, 0.25) is 0 Å². The molecule has 4 heteroatoms. The lowest BCUT2D eigenvalue weighted by Crippen LogP contribution is -2.40. The monoisotopic (exact) mass is 291 g/mol. The van der Waals surface area contributed by atoms with Crippen molar-refractivity contribution in [2.45, 2.75) is 62.9 Å². The zero-order valence-corrected chi connectivity index (χ0v) is 12.0. The van der Waals surface area contributed by atoms with E-state index in [4.69, 9.17) is 4.74 Å². The van der Waals surface area contributed by atoms with Gasteiger partial charge in [-0.15, -0.1) is 0 Å². The molecule has 0 radical (unpaired) electrons. The van der Waals surface area contributed by atoms with Crippen molar-refractivity contribution in [3.63, 3.8) is 0 Å². The topological polar surface area (TPSA) is 38.3 Å². The number of alkyl halides is 1. The second-order valence-electron chi connectivity index (χ2n) is 5.42. The lowest BCUT2D eigenvalue weighted by Gasteiger charge is -2.26. The van der Waals surface area contributed by atoms with E-state index < -0.39 is 0 Å². The molecule has 0 bridgehead atoms. The fourth-order valence-electron chi connectivity index (χ4n) is 1.75. The van der Waals surface area contributed by atoms with Crippen LogP contribution >= 0.6 is 15.9 Å². The van der Waals surface area contributed by atoms with Crippen molar-refractivity contribution in [3.05, 3.63) is 0 Å². The van der Waals surface area contributed by atoms with E-state index in [-0.39, 0.29) is 18.1 Å². The van der Waals surface area contributed by atoms with E-state index >= 15 is 0 Å². The van der Waals surface area contributed by atoms with Crippen molar-refractivity contribution >= 4 is 21.8 Å². The highest BCUT2D eigenvalue weighted by Gasteiger charge is 2.21. The molecule has 0 saturated heterocycles. The Kier molecular flexibility index (Phi) is 5.25. The van der Waals surface area contributed by atoms with Gasteiger partial charge in [-0.05, 0) is 46.5 Å². The van der Waals surface area contributed by atoms with Crippen molar-refractivity contribution in [1.29, 1.82) is 0 Å². The third-order valence-electron chi connectivity index (χ3n) is 2.66. The van der Waals surface area contributed by atoms with Gasteiger partial charge in [-0.2, -0.15) is 0 Å². The van der Waals surface area contributed by atoms with Crippen molar-refractivity contribution in [3.8, 4) is 0 Å². The Bertz CT molecular complexity index is 230. The lowest BCUT2D eigenvalue weighted by molar-refractivity contribution is -0.131. The number of hydrogen-bond donors (Lipinski definition) is 1. The second kappa shape index (κ2) is 6.01. The second-order valence-corrected chi connectivity index (χ2v) is 6.71. The molecule has 1 N–H and O–H groups in total. The maximum Gasteiger partial charge on any atom is 0.246 e. The minimum atomic E-state index is -0.245. The maximum atomic E-state index is 11.6. The molecule has 0 aliphatic heterocycles. The third kappa shape index (κ3) is 5.85. The zero-order chi connectivity index (χ0) is 12.2. The Labute approximate surface area is 106 Å². The first-order valence-corrected chi connectivity index (χ1v) is 6.86. The van der Waals surface area contributed by atoms with Crippen LogP contribution in [0.1, 0.15) is 46.5 Å². The molecule has 0 heterocycles. The van der Waals surface area contributed by atoms with Gasteiger partial charge < -0.3 is 10.1 Å². The molecular weight excluding hydrogens is 270 g/mol. The average Bonchev–Trinajstić information content (AvgIpc) is 2.18. The minimum absolute atomic E-state index is 0.00736. The predicted octanol–water partition coefficient (Wildman–Crippen LogP) is 2.62. The van der Waals surface area contributed by atoms with Gasteiger partial charge in [0.05, 0.1) is 5.60 Å². The molecule has 94 valence electrons. The Morgan fingerprint density at radius 1 is 1.31 bits per heavy atom. The van der Waals surface area contributed by atoms with Crippen LogP contribution in [-0.4, -0.2) is 29.0 Å². The number of ether oxygens (including phenoxy) is 1. The van der Waals surface area contributed by atoms with Gasteiger partial charge in [-0.1, -0.05) is 15.9 Å². The fraction of sp³-hybridized carbons (Fsp3) is 0.917. The van der Waals surface area contributed by atoms with Crippen molar-refractivity contribution in [2.24, 2.45) is 0 Å². The molecule has 3 nitrogen and oxygen atoms in total. The van der Waals surface area contributed by atoms with E-state index in [0.717, 1.165) is 25.7 Å². The molecule has 1 rings (SSSR count). The van der Waals surface area contributed by atoms with E-state index in [1.165, 1.54) is 0 Å². The molecule has 1 fully saturated rings. The van der Waals surface area contributed by atoms with Crippen LogP contribution < -0.4 is 5.32 Å². The molecule has 0 aromatic heterocycles. The summed E-state index contributed by atoms with van der Waals surface area (Å²) in [5.41, 5.74) is -0.245. The van der Waals surface area contributed by atoms with Crippen LogP contribution in [-0.2, 0) is 9.53 Å². The van der Waals surface area contributed by atoms with Crippen molar-refractivity contribution in [2.75, 3.05) is 6.61 Å². The van der Waals surface area contributed by atoms with Crippen LogP contribution in [0.25, 0.3) is 0 Å². The quantitative estimate of drug-likeness (QED) is 0.812. The van der Waals surface area contributed by atoms with E-state index in [9.17, 15) is 4.79 Å². The number of hydrogen-bond acceptors (Lipinski definition) is 2. The molecule has 0 aromatic rings. The summed E-state index contributed by atoms with van der Waals surface area (Å²) in [5.74, 6) is 0.00736. The first kappa shape index (κ1) is 14.0. The van der Waals surface area contributed by atoms with E-state index in [0.29, 0.717) is 10.9 Å². The van der Waals surface area contributed by atoms with Crippen LogP contribution in [0.15, 0.2) is 0 Å². The fourth-order valence-corrected chi connectivity index (χ4v) is 2.28. The van der Waals surface area contributed by atoms with Gasteiger partial charge in [0, 0.05) is 10.9 Å². The largest absolute Gasteiger partial charge is 0.366 e. The summed E-state index contributed by atoms with van der Waals surface area (Å²) in [5, 5.41) is 3.03. The smallest absolute Gasteiger partial charge is 0.246 e. The SMILES string of the molecule is CC(C)(C)OCC(=O)NC1CCC(Br)CC1. The van der Waals surface area contributed by atoms with E-state index in [2.05, 4.69) is 21.2 Å². The van der Waals surface area contributed by atoms with Crippen LogP contribution in [0.3, 0.4) is 0 Å². The van der Waals surface area contributed by atoms with Gasteiger partial charge in [-0.25, -0.2) is 0 Å². The summed E-state index contributed by atoms with van der Waals surface area (Å²) in [6.07, 6.45) is 4.42. The van der Waals surface area contributed by atoms with Gasteiger partial charge in [0.15, 0.2) is 0 Å². The molecule has 0 aromatic carbocycles. The van der Waals surface area contributed by atoms with Gasteiger partial charge in [-0.3, -0.25) is 4.79 Å². The van der Waals surface area contributed by atoms with Gasteiger partial charge in [0.25, 0.3) is 0 Å². The number of amides is 1. The van der Waals surface area contributed by atoms with Crippen LogP contribution in [0.4, 0.5) is 0 Å². The molecule has 1 amide bonds. The summed E-state index contributed by atoms with van der Waals surface area (Å²) in [6, 6.07) is 0.338. The molecule has 1 aliphatic carbocycles. The van der Waals surface area contributed by atoms with E-state index in [1.807, 2.05) is 20.8 Å². The molecule has 0 atom stereocenters. The Morgan fingerprint density at radius 2 is 1.88 bits per heavy atom. The lowest BCUT2D eigenvalue weighted by atomic mass is 9.95. The number of halogens is 1. The molecular formula is C12H22BrNO2. The molecule has 1 saturated carbocycles. The van der Waals surface area contributed by atoms with Gasteiger partial charge in [0.2, 0.25) is 5.91 Å². The summed E-state index contributed by atoms with van der Waals surface area (Å²) < 4.78 is 5.43. The minimum Gasteiger partial charge on any atom is -0.366 e. The first-order chi connectivity index (χ1) is 7.37. The van der Waals surface area contributed by atoms with Gasteiger partial charge in [0.1, 0.15) is 6.61 Å². The molecule has 1 aliphatic rings. The number of rotatable bonds is 3. The standard InChI is InChI=1S/C12H22BrNO2/c1-12(2,3)16-8-11(15)14-10-6-4-9(13)5-7-10/h9-10H,4-8H2,1-3H3,(H,14,15). The van der Waals surface area contributed by atoms with Gasteiger partial charge >= 0.3 is 0 Å². The van der Waals surface area contributed by atoms with Crippen molar-refractivity contribution in [1.82, 2.24) is 5.32 Å². The first-order valence-electron chi connectivity index (χ1n) is 5.94. The highest BCUT2D eigenvalue weighted by Crippen LogP contribution is 2.24. The predicted molar refractivity (Wildman–Crippen MR) is 68.8 cm³/mol. The van der Waals surface area contributed by atoms with Crippen LogP contribution in [0, 0.1) is 0 Å². The summed E-state index contributed by atoms with van der Waals surface area (Å²) in [6.45, 7) is 6.03. The Hall–Kier alpha value is -0.0900. The third-order valence-corrected chi connectivity index (χ3v) is 3.57. The number of nitrogens with one attached hydrogen (secondary N) is 1. The normalized spacial score (nSPS) is 26.5. The number of carbonyl (C=O) groups excluding carboxylic acids is 1. The highest BCUT2D eigenvalue weighted by atomic mass is 79.9. The average molecular weight is 292 g/mol. The Balaban J connectivity index is 2.19. The summed E-state index contributed by atoms with van der Waals surface area (Å²) in [4.78, 5) is 12.2. The molecule has 16 heavy (non-hydrogen) atoms. The summed E-state index contributed by atoms with van der Waals surface area (Å²) >= 11 is 3.60. The number of carbonyl (C=O) groups is 1. The zero-order valence-electron chi connectivity index (χ0n) is 10.4.